The van der Waals surface area contributed by atoms with Gasteiger partial charge in [0.2, 0.25) is 0 Å². The van der Waals surface area contributed by atoms with E-state index in [-0.39, 0.29) is 6.42 Å². The van der Waals surface area contributed by atoms with Crippen LogP contribution in [0.5, 0.6) is 0 Å². The molecule has 0 amide bonds. The van der Waals surface area contributed by atoms with Crippen molar-refractivity contribution in [1.29, 1.82) is 0 Å². The summed E-state index contributed by atoms with van der Waals surface area (Å²) in [5, 5.41) is 9.35. The smallest absolute Gasteiger partial charge is 0.313 e. The summed E-state index contributed by atoms with van der Waals surface area (Å²) in [7, 11) is 0. The van der Waals surface area contributed by atoms with E-state index in [1.807, 2.05) is 0 Å². The maximum absolute atomic E-state index is 11.8. The van der Waals surface area contributed by atoms with Gasteiger partial charge >= 0.3 is 5.97 Å². The Labute approximate surface area is 117 Å². The van der Waals surface area contributed by atoms with Crippen LogP contribution in [0.25, 0.3) is 0 Å². The van der Waals surface area contributed by atoms with Crippen LogP contribution < -0.4 is 0 Å². The molecule has 1 heterocycles. The molecule has 2 atom stereocenters. The first-order chi connectivity index (χ1) is 9.02. The van der Waals surface area contributed by atoms with Crippen LogP contribution in [0, 0.1) is 0 Å². The van der Waals surface area contributed by atoms with E-state index >= 15 is 0 Å². The Morgan fingerprint density at radius 3 is 2.60 bits per heavy atom. The first kappa shape index (κ1) is 16.5. The lowest BCUT2D eigenvalue weighted by Crippen LogP contribution is -2.45. The molecule has 20 heavy (non-hydrogen) atoms. The largest absolute Gasteiger partial charge is 0.460 e. The monoisotopic (exact) mass is 284 g/mol. The molecule has 0 fully saturated rings. The third-order valence-corrected chi connectivity index (χ3v) is 2.61. The molecule has 2 unspecified atom stereocenters. The molecule has 0 aromatic carbocycles. The number of ketones is 2. The van der Waals surface area contributed by atoms with Gasteiger partial charge in [0.1, 0.15) is 23.4 Å². The minimum absolute atomic E-state index is 0.285. The van der Waals surface area contributed by atoms with Crippen LogP contribution >= 0.6 is 0 Å². The van der Waals surface area contributed by atoms with Crippen molar-refractivity contribution in [2.45, 2.75) is 58.0 Å². The third-order valence-electron chi connectivity index (χ3n) is 2.61. The quantitative estimate of drug-likeness (QED) is 0.609. The van der Waals surface area contributed by atoms with Crippen molar-refractivity contribution < 1.29 is 29.0 Å². The van der Waals surface area contributed by atoms with E-state index in [0.29, 0.717) is 0 Å². The number of hydrogen-bond donors (Lipinski definition) is 1. The number of carbonyl (C=O) groups is 3. The van der Waals surface area contributed by atoms with Gasteiger partial charge in [-0.25, -0.2) is 0 Å². The molecule has 0 aromatic heterocycles. The molecular formula is C14H20O6. The highest BCUT2D eigenvalue weighted by molar-refractivity contribution is 6.03. The Hall–Kier alpha value is -1.53. The molecule has 0 aromatic rings. The third kappa shape index (κ3) is 4.86. The van der Waals surface area contributed by atoms with Crippen LogP contribution in [-0.2, 0) is 23.9 Å². The summed E-state index contributed by atoms with van der Waals surface area (Å²) in [5.41, 5.74) is -2.11. The van der Waals surface area contributed by atoms with Gasteiger partial charge in [-0.1, -0.05) is 0 Å². The average molecular weight is 284 g/mol. The summed E-state index contributed by atoms with van der Waals surface area (Å²) in [4.78, 5) is 35.1. The van der Waals surface area contributed by atoms with E-state index in [0.717, 1.165) is 0 Å². The molecule has 1 aliphatic heterocycles. The van der Waals surface area contributed by atoms with Gasteiger partial charge in [-0.05, 0) is 39.8 Å². The molecule has 1 aliphatic rings. The average Bonchev–Trinajstić information content (AvgIpc) is 2.20. The molecule has 6 heteroatoms. The van der Waals surface area contributed by atoms with Crippen LogP contribution in [-0.4, -0.2) is 40.1 Å². The molecule has 0 spiro atoms. The van der Waals surface area contributed by atoms with E-state index in [1.165, 1.54) is 19.1 Å². The van der Waals surface area contributed by atoms with Crippen molar-refractivity contribution in [3.05, 3.63) is 12.2 Å². The van der Waals surface area contributed by atoms with E-state index in [4.69, 9.17) is 9.47 Å². The van der Waals surface area contributed by atoms with E-state index in [1.54, 1.807) is 20.8 Å². The predicted molar refractivity (Wildman–Crippen MR) is 69.7 cm³/mol. The van der Waals surface area contributed by atoms with Gasteiger partial charge in [0.25, 0.3) is 0 Å². The van der Waals surface area contributed by atoms with E-state index in [2.05, 4.69) is 0 Å². The van der Waals surface area contributed by atoms with Gasteiger partial charge < -0.3 is 14.6 Å². The highest BCUT2D eigenvalue weighted by Crippen LogP contribution is 2.24. The standard InChI is InChI=1S/C14H20O6/c1-13(2,3)19-12(18)7-9(15)8-14(4)10(16)5-6-11(17)20-14/h5-6,11,17H,7-8H2,1-4H3. The first-order valence-corrected chi connectivity index (χ1v) is 6.34. The number of Topliss-reactive ketones (excluding diaryl/α,β-unsaturated/α-hetero) is 1. The SMILES string of the molecule is CC(C)(C)OC(=O)CC(=O)CC1(C)OC(O)C=CC1=O. The van der Waals surface area contributed by atoms with Crippen LogP contribution in [0.1, 0.15) is 40.5 Å². The minimum Gasteiger partial charge on any atom is -0.460 e. The zero-order chi connectivity index (χ0) is 15.6. The van der Waals surface area contributed by atoms with Crippen molar-refractivity contribution in [1.82, 2.24) is 0 Å². The highest BCUT2D eigenvalue weighted by atomic mass is 16.6. The molecule has 1 N–H and O–H groups in total. The van der Waals surface area contributed by atoms with Gasteiger partial charge in [0.05, 0.1) is 0 Å². The molecule has 0 aliphatic carbocycles. The van der Waals surface area contributed by atoms with Gasteiger partial charge in [-0.15, -0.1) is 0 Å². The van der Waals surface area contributed by atoms with Gasteiger partial charge in [-0.2, -0.15) is 0 Å². The lowest BCUT2D eigenvalue weighted by atomic mass is 9.91. The van der Waals surface area contributed by atoms with Crippen molar-refractivity contribution in [3.63, 3.8) is 0 Å². The van der Waals surface area contributed by atoms with Crippen molar-refractivity contribution in [2.75, 3.05) is 0 Å². The maximum Gasteiger partial charge on any atom is 0.313 e. The molecule has 112 valence electrons. The normalized spacial score (nSPS) is 26.4. The van der Waals surface area contributed by atoms with E-state index in [9.17, 15) is 19.5 Å². The number of hydrogen-bond acceptors (Lipinski definition) is 6. The number of aliphatic hydroxyl groups is 1. The zero-order valence-corrected chi connectivity index (χ0v) is 12.1. The Morgan fingerprint density at radius 2 is 2.05 bits per heavy atom. The molecule has 6 nitrogen and oxygen atoms in total. The first-order valence-electron chi connectivity index (χ1n) is 6.34. The molecule has 1 rings (SSSR count). The zero-order valence-electron chi connectivity index (χ0n) is 12.1. The lowest BCUT2D eigenvalue weighted by Gasteiger charge is -2.31. The Morgan fingerprint density at radius 1 is 1.45 bits per heavy atom. The molecule has 0 radical (unpaired) electrons. The van der Waals surface area contributed by atoms with Crippen molar-refractivity contribution in [2.24, 2.45) is 0 Å². The fourth-order valence-electron chi connectivity index (χ4n) is 1.82. The van der Waals surface area contributed by atoms with Crippen LogP contribution in [0.3, 0.4) is 0 Å². The molecular weight excluding hydrogens is 264 g/mol. The molecule has 0 saturated carbocycles. The van der Waals surface area contributed by atoms with Gasteiger partial charge in [0, 0.05) is 6.42 Å². The van der Waals surface area contributed by atoms with Gasteiger partial charge in [0.15, 0.2) is 12.1 Å². The Kier molecular flexibility index (Phi) is 4.83. The van der Waals surface area contributed by atoms with Gasteiger partial charge in [-0.3, -0.25) is 14.4 Å². The Balaban J connectivity index is 2.60. The summed E-state index contributed by atoms with van der Waals surface area (Å²) in [5.74, 6) is -1.54. The molecule has 0 bridgehead atoms. The second-order valence-electron chi connectivity index (χ2n) is 5.94. The minimum atomic E-state index is -1.44. The summed E-state index contributed by atoms with van der Waals surface area (Å²) in [6.07, 6.45) is 0.430. The van der Waals surface area contributed by atoms with E-state index < -0.39 is 41.4 Å². The summed E-state index contributed by atoms with van der Waals surface area (Å²) in [6.45, 7) is 6.51. The summed E-state index contributed by atoms with van der Waals surface area (Å²) in [6, 6.07) is 0. The number of rotatable bonds is 4. The second kappa shape index (κ2) is 5.85. The second-order valence-corrected chi connectivity index (χ2v) is 5.94. The van der Waals surface area contributed by atoms with Crippen LogP contribution in [0.15, 0.2) is 12.2 Å². The maximum atomic E-state index is 11.8. The van der Waals surface area contributed by atoms with Crippen molar-refractivity contribution >= 4 is 17.5 Å². The fraction of sp³-hybridized carbons (Fsp3) is 0.643. The predicted octanol–water partition coefficient (Wildman–Crippen LogP) is 0.910. The number of ether oxygens (including phenoxy) is 2. The topological polar surface area (TPSA) is 89.9 Å². The fourth-order valence-corrected chi connectivity index (χ4v) is 1.82. The van der Waals surface area contributed by atoms with Crippen LogP contribution in [0.4, 0.5) is 0 Å². The number of aliphatic hydroxyl groups excluding tert-OH is 1. The molecule has 0 saturated heterocycles. The van der Waals surface area contributed by atoms with Crippen LogP contribution in [0.2, 0.25) is 0 Å². The summed E-state index contributed by atoms with van der Waals surface area (Å²) < 4.78 is 10.1. The Bertz CT molecular complexity index is 445. The highest BCUT2D eigenvalue weighted by Gasteiger charge is 2.39. The summed E-state index contributed by atoms with van der Waals surface area (Å²) >= 11 is 0. The number of esters is 1. The lowest BCUT2D eigenvalue weighted by molar-refractivity contribution is -0.178. The van der Waals surface area contributed by atoms with Crippen molar-refractivity contribution in [3.8, 4) is 0 Å². The number of carbonyl (C=O) groups excluding carboxylic acids is 3.